The Hall–Kier alpha value is -1.20. The fourth-order valence-electron chi connectivity index (χ4n) is 1.78. The molecule has 1 aromatic carbocycles. The van der Waals surface area contributed by atoms with Gasteiger partial charge >= 0.3 is 5.97 Å². The van der Waals surface area contributed by atoms with Crippen LogP contribution in [0.1, 0.15) is 37.0 Å². The number of unbranched alkanes of at least 4 members (excludes halogenated alkanes) is 1. The molecule has 1 aromatic rings. The molecule has 0 bridgehead atoms. The van der Waals surface area contributed by atoms with Gasteiger partial charge in [0, 0.05) is 23.7 Å². The molecule has 5 heteroatoms. The molecular weight excluding hydrogens is 274 g/mol. The Balaban J connectivity index is 2.60. The zero-order chi connectivity index (χ0) is 14.8. The van der Waals surface area contributed by atoms with Crippen LogP contribution in [0.15, 0.2) is 23.1 Å². The number of benzene rings is 1. The Bertz CT molecular complexity index is 424. The molecule has 0 saturated carbocycles. The van der Waals surface area contributed by atoms with Gasteiger partial charge in [-0.05, 0) is 24.3 Å². The molecule has 4 nitrogen and oxygen atoms in total. The van der Waals surface area contributed by atoms with Gasteiger partial charge in [0.15, 0.2) is 0 Å². The highest BCUT2D eigenvalue weighted by atomic mass is 32.2. The van der Waals surface area contributed by atoms with E-state index in [-0.39, 0.29) is 0 Å². The first kappa shape index (κ1) is 16.9. The zero-order valence-electron chi connectivity index (χ0n) is 12.1. The van der Waals surface area contributed by atoms with Crippen molar-refractivity contribution >= 4 is 23.4 Å². The van der Waals surface area contributed by atoms with Gasteiger partial charge in [-0.2, -0.15) is 0 Å². The number of rotatable bonds is 10. The van der Waals surface area contributed by atoms with Crippen molar-refractivity contribution in [1.82, 2.24) is 0 Å². The van der Waals surface area contributed by atoms with Crippen molar-refractivity contribution in [3.05, 3.63) is 23.8 Å². The average Bonchev–Trinajstić information content (AvgIpc) is 2.43. The van der Waals surface area contributed by atoms with Crippen LogP contribution in [0.3, 0.4) is 0 Å². The van der Waals surface area contributed by atoms with Crippen molar-refractivity contribution in [3.8, 4) is 0 Å². The molecule has 0 fully saturated rings. The van der Waals surface area contributed by atoms with E-state index in [4.69, 9.17) is 4.74 Å². The maximum absolute atomic E-state index is 11.4. The van der Waals surface area contributed by atoms with Crippen LogP contribution < -0.4 is 5.32 Å². The van der Waals surface area contributed by atoms with Gasteiger partial charge in [-0.1, -0.05) is 26.3 Å². The summed E-state index contributed by atoms with van der Waals surface area (Å²) in [4.78, 5) is 12.2. The molecule has 2 N–H and O–H groups in total. The van der Waals surface area contributed by atoms with Crippen molar-refractivity contribution in [2.75, 3.05) is 30.8 Å². The lowest BCUT2D eigenvalue weighted by atomic mass is 10.2. The summed E-state index contributed by atoms with van der Waals surface area (Å²) in [5.41, 5.74) is 1.02. The molecule has 112 valence electrons. The van der Waals surface area contributed by atoms with Gasteiger partial charge in [0.1, 0.15) is 0 Å². The predicted molar refractivity (Wildman–Crippen MR) is 84.0 cm³/mol. The van der Waals surface area contributed by atoms with Crippen LogP contribution in [-0.2, 0) is 4.74 Å². The molecule has 0 atom stereocenters. The van der Waals surface area contributed by atoms with Gasteiger partial charge in [-0.3, -0.25) is 0 Å². The van der Waals surface area contributed by atoms with Gasteiger partial charge < -0.3 is 15.2 Å². The van der Waals surface area contributed by atoms with Gasteiger partial charge in [0.2, 0.25) is 0 Å². The van der Waals surface area contributed by atoms with Crippen LogP contribution in [0.25, 0.3) is 0 Å². The van der Waals surface area contributed by atoms with Crippen molar-refractivity contribution in [3.63, 3.8) is 0 Å². The molecule has 1 rings (SSSR count). The Labute approximate surface area is 124 Å². The summed E-state index contributed by atoms with van der Waals surface area (Å²) in [6, 6.07) is 5.53. The van der Waals surface area contributed by atoms with Crippen molar-refractivity contribution in [1.29, 1.82) is 0 Å². The topological polar surface area (TPSA) is 58.6 Å². The SMILES string of the molecule is CCCCOCCNc1cccc(SCC)c1C(=O)O. The normalized spacial score (nSPS) is 10.5. The largest absolute Gasteiger partial charge is 0.478 e. The highest BCUT2D eigenvalue weighted by Gasteiger charge is 2.15. The lowest BCUT2D eigenvalue weighted by Gasteiger charge is -2.13. The fraction of sp³-hybridized carbons (Fsp3) is 0.533. The smallest absolute Gasteiger partial charge is 0.338 e. The van der Waals surface area contributed by atoms with Crippen molar-refractivity contribution < 1.29 is 14.6 Å². The summed E-state index contributed by atoms with van der Waals surface area (Å²) in [5, 5.41) is 12.5. The lowest BCUT2D eigenvalue weighted by molar-refractivity contribution is 0.0694. The van der Waals surface area contributed by atoms with Crippen LogP contribution in [-0.4, -0.2) is 36.6 Å². The summed E-state index contributed by atoms with van der Waals surface area (Å²) >= 11 is 1.54. The van der Waals surface area contributed by atoms with Gasteiger partial charge in [-0.15, -0.1) is 11.8 Å². The molecule has 0 aliphatic heterocycles. The molecule has 0 heterocycles. The van der Waals surface area contributed by atoms with Gasteiger partial charge in [0.05, 0.1) is 12.2 Å². The molecule has 0 aromatic heterocycles. The first-order chi connectivity index (χ1) is 9.70. The number of anilines is 1. The van der Waals surface area contributed by atoms with E-state index in [9.17, 15) is 9.90 Å². The Morgan fingerprint density at radius 2 is 2.15 bits per heavy atom. The maximum Gasteiger partial charge on any atom is 0.338 e. The lowest BCUT2D eigenvalue weighted by Crippen LogP contribution is -2.13. The summed E-state index contributed by atoms with van der Waals surface area (Å²) in [7, 11) is 0. The van der Waals surface area contributed by atoms with E-state index in [1.54, 1.807) is 17.8 Å². The molecule has 0 saturated heterocycles. The number of carbonyl (C=O) groups is 1. The van der Waals surface area contributed by atoms with E-state index in [2.05, 4.69) is 12.2 Å². The van der Waals surface area contributed by atoms with E-state index in [1.165, 1.54) is 0 Å². The molecule has 0 aliphatic rings. The summed E-state index contributed by atoms with van der Waals surface area (Å²) < 4.78 is 5.46. The van der Waals surface area contributed by atoms with Crippen molar-refractivity contribution in [2.45, 2.75) is 31.6 Å². The van der Waals surface area contributed by atoms with Crippen LogP contribution in [0.4, 0.5) is 5.69 Å². The summed E-state index contributed by atoms with van der Waals surface area (Å²) in [6.45, 7) is 6.10. The number of thioether (sulfide) groups is 1. The second-order valence-electron chi connectivity index (χ2n) is 4.31. The third kappa shape index (κ3) is 5.43. The average molecular weight is 297 g/mol. The molecular formula is C15H23NO3S. The quantitative estimate of drug-likeness (QED) is 0.509. The van der Waals surface area contributed by atoms with Crippen LogP contribution in [0.5, 0.6) is 0 Å². The van der Waals surface area contributed by atoms with Crippen LogP contribution >= 0.6 is 11.8 Å². The van der Waals surface area contributed by atoms with Gasteiger partial charge in [-0.25, -0.2) is 4.79 Å². The number of carboxylic acids is 1. The fourth-order valence-corrected chi connectivity index (χ4v) is 2.61. The minimum Gasteiger partial charge on any atom is -0.478 e. The van der Waals surface area contributed by atoms with E-state index in [1.807, 2.05) is 19.1 Å². The monoisotopic (exact) mass is 297 g/mol. The number of carboxylic acid groups (broad SMARTS) is 1. The van der Waals surface area contributed by atoms with E-state index >= 15 is 0 Å². The van der Waals surface area contributed by atoms with E-state index < -0.39 is 5.97 Å². The van der Waals surface area contributed by atoms with Crippen LogP contribution in [0, 0.1) is 0 Å². The Morgan fingerprint density at radius 1 is 1.35 bits per heavy atom. The number of aromatic carboxylic acids is 1. The predicted octanol–water partition coefficient (Wildman–Crippen LogP) is 3.73. The number of hydrogen-bond acceptors (Lipinski definition) is 4. The van der Waals surface area contributed by atoms with Gasteiger partial charge in [0.25, 0.3) is 0 Å². The molecule has 20 heavy (non-hydrogen) atoms. The molecule has 0 unspecified atom stereocenters. The standard InChI is InChI=1S/C15H23NO3S/c1-3-5-10-19-11-9-16-12-7-6-8-13(20-4-2)14(12)15(17)18/h6-8,16H,3-5,9-11H2,1-2H3,(H,17,18). The minimum absolute atomic E-state index is 0.355. The molecule has 0 aliphatic carbocycles. The summed E-state index contributed by atoms with van der Waals surface area (Å²) in [5.74, 6) is -0.0416. The third-order valence-corrected chi connectivity index (χ3v) is 3.68. The van der Waals surface area contributed by atoms with Crippen LogP contribution in [0.2, 0.25) is 0 Å². The minimum atomic E-state index is -0.893. The highest BCUT2D eigenvalue weighted by molar-refractivity contribution is 7.99. The molecule has 0 radical (unpaired) electrons. The Kier molecular flexibility index (Phi) is 8.14. The maximum atomic E-state index is 11.4. The van der Waals surface area contributed by atoms with Crippen molar-refractivity contribution in [2.24, 2.45) is 0 Å². The second-order valence-corrected chi connectivity index (χ2v) is 5.62. The summed E-state index contributed by atoms with van der Waals surface area (Å²) in [6.07, 6.45) is 2.18. The Morgan fingerprint density at radius 3 is 2.80 bits per heavy atom. The zero-order valence-corrected chi connectivity index (χ0v) is 13.0. The second kappa shape index (κ2) is 9.66. The number of nitrogens with one attached hydrogen (secondary N) is 1. The number of hydrogen-bond donors (Lipinski definition) is 2. The highest BCUT2D eigenvalue weighted by Crippen LogP contribution is 2.28. The first-order valence-corrected chi connectivity index (χ1v) is 8.00. The van der Waals surface area contributed by atoms with E-state index in [0.717, 1.165) is 30.1 Å². The molecule has 0 spiro atoms. The van der Waals surface area contributed by atoms with E-state index in [0.29, 0.717) is 24.4 Å². The molecule has 0 amide bonds. The third-order valence-electron chi connectivity index (χ3n) is 2.74. The first-order valence-electron chi connectivity index (χ1n) is 7.01. The number of ether oxygens (including phenoxy) is 1.